The summed E-state index contributed by atoms with van der Waals surface area (Å²) in [7, 11) is 2.96. The highest BCUT2D eigenvalue weighted by Gasteiger charge is 2.15. The highest BCUT2D eigenvalue weighted by Crippen LogP contribution is 2.31. The number of esters is 1. The average Bonchev–Trinajstić information content (AvgIpc) is 2.32. The minimum Gasteiger partial charge on any atom is -0.490 e. The molecule has 0 unspecified atom stereocenters. The largest absolute Gasteiger partial charge is 0.490 e. The van der Waals surface area contributed by atoms with Crippen molar-refractivity contribution >= 4 is 21.9 Å². The lowest BCUT2D eigenvalue weighted by atomic mass is 10.1. The van der Waals surface area contributed by atoms with Gasteiger partial charge in [0.05, 0.1) is 23.8 Å². The first-order valence-electron chi connectivity index (χ1n) is 5.11. The number of methoxy groups -OCH3 is 2. The zero-order valence-electron chi connectivity index (χ0n) is 10.1. The van der Waals surface area contributed by atoms with E-state index in [1.54, 1.807) is 19.2 Å². The van der Waals surface area contributed by atoms with Gasteiger partial charge in [0.1, 0.15) is 12.4 Å². The Morgan fingerprint density at radius 3 is 2.59 bits per heavy atom. The molecule has 4 nitrogen and oxygen atoms in total. The third-order valence-electron chi connectivity index (χ3n) is 2.30. The van der Waals surface area contributed by atoms with Crippen molar-refractivity contribution in [1.82, 2.24) is 0 Å². The van der Waals surface area contributed by atoms with Crippen LogP contribution in [-0.2, 0) is 9.47 Å². The van der Waals surface area contributed by atoms with Gasteiger partial charge in [-0.15, -0.1) is 0 Å². The lowest BCUT2D eigenvalue weighted by Crippen LogP contribution is -2.09. The molecule has 0 amide bonds. The molecular formula is C12H15BrO4. The molecule has 0 radical (unpaired) electrons. The molecule has 0 saturated heterocycles. The summed E-state index contributed by atoms with van der Waals surface area (Å²) in [6, 6.07) is 3.47. The Morgan fingerprint density at radius 1 is 1.29 bits per heavy atom. The first-order chi connectivity index (χ1) is 8.11. The van der Waals surface area contributed by atoms with Gasteiger partial charge in [-0.2, -0.15) is 0 Å². The van der Waals surface area contributed by atoms with Gasteiger partial charge in [-0.05, 0) is 35.0 Å². The highest BCUT2D eigenvalue weighted by atomic mass is 79.9. The number of hydrogen-bond donors (Lipinski definition) is 0. The number of ether oxygens (including phenoxy) is 3. The smallest absolute Gasteiger partial charge is 0.338 e. The molecule has 0 saturated carbocycles. The molecule has 0 aliphatic carbocycles. The minimum atomic E-state index is -0.369. The maximum atomic E-state index is 11.5. The lowest BCUT2D eigenvalue weighted by Gasteiger charge is -2.13. The fraction of sp³-hybridized carbons (Fsp3) is 0.417. The molecule has 0 aromatic heterocycles. The molecule has 0 aliphatic heterocycles. The Bertz CT molecular complexity index is 404. The SMILES string of the molecule is COCCOc1c(Br)ccc(C(=O)OC)c1C. The van der Waals surface area contributed by atoms with Crippen LogP contribution in [0.2, 0.25) is 0 Å². The van der Waals surface area contributed by atoms with E-state index in [1.807, 2.05) is 6.92 Å². The molecule has 0 bridgehead atoms. The standard InChI is InChI=1S/C12H15BrO4/c1-8-9(12(14)16-3)4-5-10(13)11(8)17-7-6-15-2/h4-5H,6-7H2,1-3H3. The minimum absolute atomic E-state index is 0.369. The number of carbonyl (C=O) groups excluding carboxylic acids is 1. The van der Waals surface area contributed by atoms with Crippen molar-refractivity contribution in [3.8, 4) is 5.75 Å². The van der Waals surface area contributed by atoms with E-state index in [-0.39, 0.29) is 5.97 Å². The van der Waals surface area contributed by atoms with Gasteiger partial charge in [-0.3, -0.25) is 0 Å². The van der Waals surface area contributed by atoms with Gasteiger partial charge in [0.15, 0.2) is 0 Å². The van der Waals surface area contributed by atoms with Crippen LogP contribution in [-0.4, -0.2) is 33.4 Å². The number of halogens is 1. The van der Waals surface area contributed by atoms with Crippen LogP contribution in [0, 0.1) is 6.92 Å². The summed E-state index contributed by atoms with van der Waals surface area (Å²) in [5.41, 5.74) is 1.26. The summed E-state index contributed by atoms with van der Waals surface area (Å²) in [6.07, 6.45) is 0. The summed E-state index contributed by atoms with van der Waals surface area (Å²) in [5.74, 6) is 0.275. The maximum Gasteiger partial charge on any atom is 0.338 e. The van der Waals surface area contributed by atoms with E-state index in [1.165, 1.54) is 7.11 Å². The molecule has 5 heteroatoms. The van der Waals surface area contributed by atoms with Crippen LogP contribution in [0.1, 0.15) is 15.9 Å². The molecule has 1 aromatic rings. The summed E-state index contributed by atoms with van der Waals surface area (Å²) < 4.78 is 16.0. The molecule has 0 spiro atoms. The second kappa shape index (κ2) is 6.61. The summed E-state index contributed by atoms with van der Waals surface area (Å²) in [4.78, 5) is 11.5. The van der Waals surface area contributed by atoms with Crippen molar-refractivity contribution in [3.05, 3.63) is 27.7 Å². The zero-order chi connectivity index (χ0) is 12.8. The van der Waals surface area contributed by atoms with Crippen molar-refractivity contribution in [2.24, 2.45) is 0 Å². The van der Waals surface area contributed by atoms with E-state index in [2.05, 4.69) is 15.9 Å². The zero-order valence-corrected chi connectivity index (χ0v) is 11.7. The van der Waals surface area contributed by atoms with Gasteiger partial charge < -0.3 is 14.2 Å². The molecule has 94 valence electrons. The fourth-order valence-corrected chi connectivity index (χ4v) is 1.94. The predicted molar refractivity (Wildman–Crippen MR) is 67.6 cm³/mol. The molecule has 0 fully saturated rings. The third-order valence-corrected chi connectivity index (χ3v) is 2.92. The van der Waals surface area contributed by atoms with Crippen LogP contribution >= 0.6 is 15.9 Å². The van der Waals surface area contributed by atoms with Crippen molar-refractivity contribution in [3.63, 3.8) is 0 Å². The molecule has 0 heterocycles. The van der Waals surface area contributed by atoms with Crippen LogP contribution in [0.5, 0.6) is 5.75 Å². The molecule has 17 heavy (non-hydrogen) atoms. The van der Waals surface area contributed by atoms with E-state index in [9.17, 15) is 4.79 Å². The molecular weight excluding hydrogens is 288 g/mol. The van der Waals surface area contributed by atoms with Crippen molar-refractivity contribution in [1.29, 1.82) is 0 Å². The Morgan fingerprint density at radius 2 is 2.00 bits per heavy atom. The third kappa shape index (κ3) is 3.44. The van der Waals surface area contributed by atoms with Gasteiger partial charge in [-0.25, -0.2) is 4.79 Å². The predicted octanol–water partition coefficient (Wildman–Crippen LogP) is 2.57. The topological polar surface area (TPSA) is 44.8 Å². The molecule has 0 N–H and O–H groups in total. The Kier molecular flexibility index (Phi) is 5.44. The highest BCUT2D eigenvalue weighted by molar-refractivity contribution is 9.10. The quantitative estimate of drug-likeness (QED) is 0.619. The summed E-state index contributed by atoms with van der Waals surface area (Å²) in [5, 5.41) is 0. The lowest BCUT2D eigenvalue weighted by molar-refractivity contribution is 0.0599. The first-order valence-corrected chi connectivity index (χ1v) is 5.90. The average molecular weight is 303 g/mol. The Labute approximate surface area is 109 Å². The molecule has 1 aromatic carbocycles. The number of hydrogen-bond acceptors (Lipinski definition) is 4. The van der Waals surface area contributed by atoms with E-state index in [0.29, 0.717) is 24.5 Å². The summed E-state index contributed by atoms with van der Waals surface area (Å²) in [6.45, 7) is 2.74. The molecule has 1 rings (SSSR count). The Balaban J connectivity index is 2.98. The van der Waals surface area contributed by atoms with Crippen LogP contribution in [0.25, 0.3) is 0 Å². The molecule has 0 atom stereocenters. The normalized spacial score (nSPS) is 10.1. The van der Waals surface area contributed by atoms with Crippen LogP contribution in [0.15, 0.2) is 16.6 Å². The maximum absolute atomic E-state index is 11.5. The second-order valence-electron chi connectivity index (χ2n) is 3.38. The first kappa shape index (κ1) is 14.0. The van der Waals surface area contributed by atoms with Gasteiger partial charge in [0, 0.05) is 12.7 Å². The van der Waals surface area contributed by atoms with E-state index >= 15 is 0 Å². The number of carbonyl (C=O) groups is 1. The van der Waals surface area contributed by atoms with Crippen LogP contribution in [0.3, 0.4) is 0 Å². The summed E-state index contributed by atoms with van der Waals surface area (Å²) >= 11 is 3.39. The van der Waals surface area contributed by atoms with Crippen molar-refractivity contribution in [2.45, 2.75) is 6.92 Å². The fourth-order valence-electron chi connectivity index (χ4n) is 1.39. The monoisotopic (exact) mass is 302 g/mol. The second-order valence-corrected chi connectivity index (χ2v) is 4.24. The number of benzene rings is 1. The van der Waals surface area contributed by atoms with Gasteiger partial charge in [-0.1, -0.05) is 0 Å². The van der Waals surface area contributed by atoms with Crippen LogP contribution in [0.4, 0.5) is 0 Å². The number of rotatable bonds is 5. The van der Waals surface area contributed by atoms with E-state index in [0.717, 1.165) is 10.0 Å². The van der Waals surface area contributed by atoms with E-state index < -0.39 is 0 Å². The van der Waals surface area contributed by atoms with Gasteiger partial charge >= 0.3 is 5.97 Å². The van der Waals surface area contributed by atoms with Crippen molar-refractivity contribution < 1.29 is 19.0 Å². The Hall–Kier alpha value is -1.07. The van der Waals surface area contributed by atoms with Gasteiger partial charge in [0.25, 0.3) is 0 Å². The van der Waals surface area contributed by atoms with Gasteiger partial charge in [0.2, 0.25) is 0 Å². The molecule has 0 aliphatic rings. The van der Waals surface area contributed by atoms with E-state index in [4.69, 9.17) is 14.2 Å². The van der Waals surface area contributed by atoms with Crippen molar-refractivity contribution in [2.75, 3.05) is 27.4 Å². The van der Waals surface area contributed by atoms with Crippen LogP contribution < -0.4 is 4.74 Å².